The maximum atomic E-state index is 5.72. The van der Waals surface area contributed by atoms with Gasteiger partial charge < -0.3 is 10.3 Å². The molecule has 96 valence electrons. The van der Waals surface area contributed by atoms with Gasteiger partial charge in [-0.1, -0.05) is 0 Å². The topological polar surface area (TPSA) is 47.1 Å². The molecule has 0 spiro atoms. The average molecular weight is 236 g/mol. The van der Waals surface area contributed by atoms with E-state index in [1.54, 1.807) is 0 Å². The summed E-state index contributed by atoms with van der Waals surface area (Å²) in [6.07, 6.45) is 6.42. The molecule has 0 unspecified atom stereocenters. The number of nitrogens with two attached hydrogens (primary N) is 1. The summed E-state index contributed by atoms with van der Waals surface area (Å²) >= 11 is 0. The predicted octanol–water partition coefficient (Wildman–Crippen LogP) is 1.63. The Morgan fingerprint density at radius 1 is 1.41 bits per heavy atom. The molecule has 1 aliphatic rings. The van der Waals surface area contributed by atoms with Crippen molar-refractivity contribution in [2.24, 2.45) is 11.7 Å². The van der Waals surface area contributed by atoms with E-state index >= 15 is 0 Å². The van der Waals surface area contributed by atoms with Crippen LogP contribution in [0.15, 0.2) is 12.5 Å². The smallest absolute Gasteiger partial charge is 0.0951 e. The van der Waals surface area contributed by atoms with Crippen LogP contribution in [0.2, 0.25) is 0 Å². The quantitative estimate of drug-likeness (QED) is 0.864. The maximum absolute atomic E-state index is 5.72. The van der Waals surface area contributed by atoms with E-state index < -0.39 is 0 Å². The lowest BCUT2D eigenvalue weighted by Gasteiger charge is -2.31. The van der Waals surface area contributed by atoms with Crippen LogP contribution in [-0.2, 0) is 6.54 Å². The van der Waals surface area contributed by atoms with E-state index in [0.29, 0.717) is 6.04 Å². The summed E-state index contributed by atoms with van der Waals surface area (Å²) in [7, 11) is 0. The van der Waals surface area contributed by atoms with Gasteiger partial charge in [-0.2, -0.15) is 0 Å². The molecule has 0 atom stereocenters. The monoisotopic (exact) mass is 236 g/mol. The highest BCUT2D eigenvalue weighted by Crippen LogP contribution is 2.18. The summed E-state index contributed by atoms with van der Waals surface area (Å²) < 4.78 is 2.26. The third kappa shape index (κ3) is 3.07. The van der Waals surface area contributed by atoms with Gasteiger partial charge in [-0.25, -0.2) is 4.98 Å². The summed E-state index contributed by atoms with van der Waals surface area (Å²) in [6, 6.07) is 0.495. The first-order chi connectivity index (χ1) is 8.20. The van der Waals surface area contributed by atoms with Crippen molar-refractivity contribution in [1.29, 1.82) is 0 Å². The fraction of sp³-hybridized carbons (Fsp3) is 0.769. The molecule has 0 saturated carbocycles. The minimum absolute atomic E-state index is 0.495. The van der Waals surface area contributed by atoms with Crippen molar-refractivity contribution in [2.45, 2.75) is 39.3 Å². The molecule has 1 aromatic rings. The van der Waals surface area contributed by atoms with Gasteiger partial charge in [0, 0.05) is 18.8 Å². The van der Waals surface area contributed by atoms with Gasteiger partial charge in [-0.3, -0.25) is 4.90 Å². The van der Waals surface area contributed by atoms with Crippen molar-refractivity contribution in [1.82, 2.24) is 14.5 Å². The third-order valence-corrected chi connectivity index (χ3v) is 3.73. The summed E-state index contributed by atoms with van der Waals surface area (Å²) in [5.74, 6) is 0.737. The van der Waals surface area contributed by atoms with Crippen LogP contribution in [0.3, 0.4) is 0 Å². The molecule has 2 N–H and O–H groups in total. The number of likely N-dealkylation sites (tertiary alicyclic amines) is 1. The SMILES string of the molecule is CC(C)n1cncc1CN1CCC(CN)CC1. The van der Waals surface area contributed by atoms with Crippen molar-refractivity contribution in [3.8, 4) is 0 Å². The lowest BCUT2D eigenvalue weighted by molar-refractivity contribution is 0.176. The summed E-state index contributed by atoms with van der Waals surface area (Å²) in [5, 5.41) is 0. The first-order valence-electron chi connectivity index (χ1n) is 6.64. The zero-order valence-electron chi connectivity index (χ0n) is 11.0. The molecule has 4 heteroatoms. The molecule has 2 heterocycles. The maximum Gasteiger partial charge on any atom is 0.0951 e. The number of aromatic nitrogens is 2. The molecule has 0 amide bonds. The summed E-state index contributed by atoms with van der Waals surface area (Å²) in [6.45, 7) is 8.61. The van der Waals surface area contributed by atoms with Gasteiger partial charge in [0.1, 0.15) is 0 Å². The molecule has 17 heavy (non-hydrogen) atoms. The van der Waals surface area contributed by atoms with E-state index in [-0.39, 0.29) is 0 Å². The van der Waals surface area contributed by atoms with Crippen LogP contribution in [0.1, 0.15) is 38.4 Å². The highest BCUT2D eigenvalue weighted by Gasteiger charge is 2.19. The molecule has 2 rings (SSSR count). The Hall–Kier alpha value is -0.870. The van der Waals surface area contributed by atoms with Crippen LogP contribution in [0.25, 0.3) is 0 Å². The van der Waals surface area contributed by atoms with Crippen molar-refractivity contribution >= 4 is 0 Å². The van der Waals surface area contributed by atoms with Crippen molar-refractivity contribution < 1.29 is 0 Å². The minimum Gasteiger partial charge on any atom is -0.331 e. The second kappa shape index (κ2) is 5.65. The molecule has 0 aliphatic carbocycles. The second-order valence-electron chi connectivity index (χ2n) is 5.34. The van der Waals surface area contributed by atoms with E-state index in [9.17, 15) is 0 Å². The van der Waals surface area contributed by atoms with Crippen LogP contribution in [0, 0.1) is 5.92 Å². The van der Waals surface area contributed by atoms with Crippen LogP contribution in [0.5, 0.6) is 0 Å². The average Bonchev–Trinajstić information content (AvgIpc) is 2.78. The van der Waals surface area contributed by atoms with E-state index in [4.69, 9.17) is 5.73 Å². The Balaban J connectivity index is 1.91. The van der Waals surface area contributed by atoms with Gasteiger partial charge in [0.15, 0.2) is 0 Å². The number of nitrogens with zero attached hydrogens (tertiary/aromatic N) is 3. The molecule has 0 bridgehead atoms. The van der Waals surface area contributed by atoms with Gasteiger partial charge in [0.2, 0.25) is 0 Å². The third-order valence-electron chi connectivity index (χ3n) is 3.73. The number of hydrogen-bond donors (Lipinski definition) is 1. The van der Waals surface area contributed by atoms with E-state index in [1.165, 1.54) is 31.6 Å². The Morgan fingerprint density at radius 2 is 2.12 bits per heavy atom. The first-order valence-corrected chi connectivity index (χ1v) is 6.64. The lowest BCUT2D eigenvalue weighted by Crippen LogP contribution is -2.36. The van der Waals surface area contributed by atoms with E-state index in [2.05, 4.69) is 28.3 Å². The van der Waals surface area contributed by atoms with Gasteiger partial charge >= 0.3 is 0 Å². The number of hydrogen-bond acceptors (Lipinski definition) is 3. The van der Waals surface area contributed by atoms with Crippen LogP contribution >= 0.6 is 0 Å². The van der Waals surface area contributed by atoms with Gasteiger partial charge in [-0.05, 0) is 52.2 Å². The summed E-state index contributed by atoms with van der Waals surface area (Å²) in [5.41, 5.74) is 7.04. The largest absolute Gasteiger partial charge is 0.331 e. The first kappa shape index (κ1) is 12.6. The van der Waals surface area contributed by atoms with Crippen molar-refractivity contribution in [2.75, 3.05) is 19.6 Å². The van der Waals surface area contributed by atoms with Crippen LogP contribution < -0.4 is 5.73 Å². The Kier molecular flexibility index (Phi) is 4.18. The zero-order chi connectivity index (χ0) is 12.3. The van der Waals surface area contributed by atoms with E-state index in [0.717, 1.165) is 19.0 Å². The van der Waals surface area contributed by atoms with Crippen LogP contribution in [0.4, 0.5) is 0 Å². The molecule has 1 aliphatic heterocycles. The van der Waals surface area contributed by atoms with Crippen LogP contribution in [-0.4, -0.2) is 34.1 Å². The number of imidazole rings is 1. The predicted molar refractivity (Wildman–Crippen MR) is 69.7 cm³/mol. The van der Waals surface area contributed by atoms with E-state index in [1.807, 2.05) is 12.5 Å². The Morgan fingerprint density at radius 3 is 2.71 bits per heavy atom. The Labute approximate surface area is 104 Å². The highest BCUT2D eigenvalue weighted by molar-refractivity contribution is 5.00. The summed E-state index contributed by atoms with van der Waals surface area (Å²) in [4.78, 5) is 6.77. The van der Waals surface area contributed by atoms with Gasteiger partial charge in [-0.15, -0.1) is 0 Å². The highest BCUT2D eigenvalue weighted by atomic mass is 15.2. The molecule has 1 fully saturated rings. The molecule has 4 nitrogen and oxygen atoms in total. The second-order valence-corrected chi connectivity index (χ2v) is 5.34. The minimum atomic E-state index is 0.495. The molecular formula is C13H24N4. The van der Waals surface area contributed by atoms with Gasteiger partial charge in [0.05, 0.1) is 12.0 Å². The molecule has 0 aromatic carbocycles. The van der Waals surface area contributed by atoms with Crippen molar-refractivity contribution in [3.63, 3.8) is 0 Å². The lowest BCUT2D eigenvalue weighted by atomic mass is 9.97. The molecule has 1 aromatic heterocycles. The fourth-order valence-electron chi connectivity index (χ4n) is 2.53. The molecule has 0 radical (unpaired) electrons. The number of rotatable bonds is 4. The molecular weight excluding hydrogens is 212 g/mol. The zero-order valence-corrected chi connectivity index (χ0v) is 11.0. The Bertz CT molecular complexity index is 337. The standard InChI is InChI=1S/C13H24N4/c1-11(2)17-10-15-8-13(17)9-16-5-3-12(7-14)4-6-16/h8,10-12H,3-7,9,14H2,1-2H3. The van der Waals surface area contributed by atoms with Crippen molar-refractivity contribution in [3.05, 3.63) is 18.2 Å². The molecule has 1 saturated heterocycles. The normalized spacial score (nSPS) is 19.1. The number of piperidine rings is 1. The fourth-order valence-corrected chi connectivity index (χ4v) is 2.53. The van der Waals surface area contributed by atoms with Gasteiger partial charge in [0.25, 0.3) is 0 Å².